The SMILES string of the molecule is COCc1cccc(C(=O)N2CCC[C@@H]2C[C@H](C)O)c1. The molecule has 0 unspecified atom stereocenters. The highest BCUT2D eigenvalue weighted by molar-refractivity contribution is 5.94. The zero-order chi connectivity index (χ0) is 14.5. The van der Waals surface area contributed by atoms with E-state index in [1.54, 1.807) is 14.0 Å². The van der Waals surface area contributed by atoms with Crippen LogP contribution in [0.4, 0.5) is 0 Å². The predicted molar refractivity (Wildman–Crippen MR) is 77.5 cm³/mol. The molecule has 0 saturated carbocycles. The van der Waals surface area contributed by atoms with E-state index in [9.17, 15) is 9.90 Å². The molecular weight excluding hydrogens is 254 g/mol. The highest BCUT2D eigenvalue weighted by Crippen LogP contribution is 2.24. The lowest BCUT2D eigenvalue weighted by Crippen LogP contribution is -2.37. The summed E-state index contributed by atoms with van der Waals surface area (Å²) in [5, 5.41) is 9.54. The maximum atomic E-state index is 12.6. The lowest BCUT2D eigenvalue weighted by atomic mass is 10.1. The summed E-state index contributed by atoms with van der Waals surface area (Å²) in [5.41, 5.74) is 1.71. The second kappa shape index (κ2) is 6.86. The van der Waals surface area contributed by atoms with Crippen LogP contribution >= 0.6 is 0 Å². The number of hydrogen-bond acceptors (Lipinski definition) is 3. The van der Waals surface area contributed by atoms with E-state index < -0.39 is 0 Å². The second-order valence-electron chi connectivity index (χ2n) is 5.51. The Hall–Kier alpha value is -1.39. The van der Waals surface area contributed by atoms with Gasteiger partial charge in [0.1, 0.15) is 0 Å². The topological polar surface area (TPSA) is 49.8 Å². The molecular formula is C16H23NO3. The fourth-order valence-corrected chi connectivity index (χ4v) is 2.87. The van der Waals surface area contributed by atoms with E-state index in [0.29, 0.717) is 18.6 Å². The first-order valence-corrected chi connectivity index (χ1v) is 7.18. The summed E-state index contributed by atoms with van der Waals surface area (Å²) in [4.78, 5) is 14.5. The van der Waals surface area contributed by atoms with Gasteiger partial charge in [0.25, 0.3) is 5.91 Å². The molecule has 20 heavy (non-hydrogen) atoms. The summed E-state index contributed by atoms with van der Waals surface area (Å²) in [6, 6.07) is 7.75. The van der Waals surface area contributed by atoms with Gasteiger partial charge in [0.2, 0.25) is 0 Å². The molecule has 1 aromatic rings. The van der Waals surface area contributed by atoms with Crippen molar-refractivity contribution in [3.63, 3.8) is 0 Å². The standard InChI is InChI=1S/C16H23NO3/c1-12(18)9-15-7-4-8-17(15)16(19)14-6-3-5-13(10-14)11-20-2/h3,5-6,10,12,15,18H,4,7-9,11H2,1-2H3/t12-,15+/m0/s1. The third kappa shape index (κ3) is 3.58. The Kier molecular flexibility index (Phi) is 5.15. The summed E-state index contributed by atoms with van der Waals surface area (Å²) in [6.07, 6.45) is 2.28. The van der Waals surface area contributed by atoms with Gasteiger partial charge in [0.15, 0.2) is 0 Å². The molecule has 1 saturated heterocycles. The molecule has 0 aromatic heterocycles. The summed E-state index contributed by atoms with van der Waals surface area (Å²) >= 11 is 0. The fourth-order valence-electron chi connectivity index (χ4n) is 2.87. The van der Waals surface area contributed by atoms with Crippen LogP contribution in [0.2, 0.25) is 0 Å². The van der Waals surface area contributed by atoms with Crippen LogP contribution in [0, 0.1) is 0 Å². The highest BCUT2D eigenvalue weighted by Gasteiger charge is 2.30. The number of methoxy groups -OCH3 is 1. The molecule has 1 N–H and O–H groups in total. The molecule has 0 radical (unpaired) electrons. The number of benzene rings is 1. The number of rotatable bonds is 5. The van der Waals surface area contributed by atoms with Gasteiger partial charge in [0.05, 0.1) is 12.7 Å². The van der Waals surface area contributed by atoms with Gasteiger partial charge in [-0.25, -0.2) is 0 Å². The average molecular weight is 277 g/mol. The van der Waals surface area contributed by atoms with Crippen molar-refractivity contribution in [2.24, 2.45) is 0 Å². The Bertz CT molecular complexity index is 459. The Morgan fingerprint density at radius 2 is 2.35 bits per heavy atom. The number of aliphatic hydroxyl groups excluding tert-OH is 1. The molecule has 1 aromatic carbocycles. The van der Waals surface area contributed by atoms with Crippen molar-refractivity contribution < 1.29 is 14.6 Å². The third-order valence-corrected chi connectivity index (χ3v) is 3.74. The first-order chi connectivity index (χ1) is 9.61. The summed E-state index contributed by atoms with van der Waals surface area (Å²) < 4.78 is 5.10. The molecule has 0 aliphatic carbocycles. The normalized spacial score (nSPS) is 20.1. The van der Waals surface area contributed by atoms with Crippen molar-refractivity contribution in [3.8, 4) is 0 Å². The minimum Gasteiger partial charge on any atom is -0.393 e. The zero-order valence-corrected chi connectivity index (χ0v) is 12.2. The minimum atomic E-state index is -0.367. The van der Waals surface area contributed by atoms with E-state index in [2.05, 4.69) is 0 Å². The van der Waals surface area contributed by atoms with Gasteiger partial charge in [-0.3, -0.25) is 4.79 Å². The van der Waals surface area contributed by atoms with Crippen LogP contribution in [0.25, 0.3) is 0 Å². The maximum Gasteiger partial charge on any atom is 0.254 e. The molecule has 2 atom stereocenters. The van der Waals surface area contributed by atoms with Crippen molar-refractivity contribution in [2.45, 2.75) is 44.9 Å². The highest BCUT2D eigenvalue weighted by atomic mass is 16.5. The summed E-state index contributed by atoms with van der Waals surface area (Å²) in [6.45, 7) is 3.07. The van der Waals surface area contributed by atoms with Gasteiger partial charge in [-0.15, -0.1) is 0 Å². The first kappa shape index (κ1) is 15.0. The minimum absolute atomic E-state index is 0.0612. The summed E-state index contributed by atoms with van der Waals surface area (Å²) in [7, 11) is 1.65. The smallest absolute Gasteiger partial charge is 0.254 e. The van der Waals surface area contributed by atoms with Crippen LogP contribution in [0.5, 0.6) is 0 Å². The molecule has 4 nitrogen and oxygen atoms in total. The van der Waals surface area contributed by atoms with Crippen molar-refractivity contribution in [2.75, 3.05) is 13.7 Å². The van der Waals surface area contributed by atoms with Gasteiger partial charge in [-0.2, -0.15) is 0 Å². The van der Waals surface area contributed by atoms with Crippen LogP contribution in [0.3, 0.4) is 0 Å². The molecule has 1 amide bonds. The van der Waals surface area contributed by atoms with Crippen molar-refractivity contribution in [1.29, 1.82) is 0 Å². The van der Waals surface area contributed by atoms with Crippen molar-refractivity contribution in [3.05, 3.63) is 35.4 Å². The van der Waals surface area contributed by atoms with E-state index in [1.807, 2.05) is 29.2 Å². The van der Waals surface area contributed by atoms with Gasteiger partial charge in [-0.05, 0) is 43.9 Å². The molecule has 4 heteroatoms. The number of carbonyl (C=O) groups is 1. The van der Waals surface area contributed by atoms with E-state index >= 15 is 0 Å². The fraction of sp³-hybridized carbons (Fsp3) is 0.562. The van der Waals surface area contributed by atoms with E-state index in [1.165, 1.54) is 0 Å². The van der Waals surface area contributed by atoms with Crippen LogP contribution in [-0.2, 0) is 11.3 Å². The first-order valence-electron chi connectivity index (χ1n) is 7.18. The molecule has 1 heterocycles. The third-order valence-electron chi connectivity index (χ3n) is 3.74. The van der Waals surface area contributed by atoms with Gasteiger partial charge in [0, 0.05) is 25.3 Å². The molecule has 0 spiro atoms. The largest absolute Gasteiger partial charge is 0.393 e. The van der Waals surface area contributed by atoms with Gasteiger partial charge in [-0.1, -0.05) is 12.1 Å². The average Bonchev–Trinajstić information content (AvgIpc) is 2.86. The molecule has 110 valence electrons. The quantitative estimate of drug-likeness (QED) is 0.897. The number of amides is 1. The lowest BCUT2D eigenvalue weighted by Gasteiger charge is -2.26. The Labute approximate surface area is 120 Å². The van der Waals surface area contributed by atoms with Gasteiger partial charge < -0.3 is 14.7 Å². The van der Waals surface area contributed by atoms with E-state index in [-0.39, 0.29) is 18.1 Å². The number of hydrogen-bond donors (Lipinski definition) is 1. The Morgan fingerprint density at radius 3 is 3.05 bits per heavy atom. The maximum absolute atomic E-state index is 12.6. The van der Waals surface area contributed by atoms with E-state index in [0.717, 1.165) is 24.9 Å². The summed E-state index contributed by atoms with van der Waals surface area (Å²) in [5.74, 6) is 0.0612. The second-order valence-corrected chi connectivity index (χ2v) is 5.51. The Morgan fingerprint density at radius 1 is 1.55 bits per heavy atom. The number of ether oxygens (including phenoxy) is 1. The van der Waals surface area contributed by atoms with Crippen LogP contribution in [0.15, 0.2) is 24.3 Å². The number of aliphatic hydroxyl groups is 1. The molecule has 0 bridgehead atoms. The lowest BCUT2D eigenvalue weighted by molar-refractivity contribution is 0.0681. The number of nitrogens with zero attached hydrogens (tertiary/aromatic N) is 1. The predicted octanol–water partition coefficient (Wildman–Crippen LogP) is 2.21. The van der Waals surface area contributed by atoms with Crippen LogP contribution in [-0.4, -0.2) is 41.7 Å². The van der Waals surface area contributed by atoms with Crippen LogP contribution in [0.1, 0.15) is 42.1 Å². The molecule has 1 aliphatic heterocycles. The van der Waals surface area contributed by atoms with Crippen molar-refractivity contribution >= 4 is 5.91 Å². The van der Waals surface area contributed by atoms with Crippen molar-refractivity contribution in [1.82, 2.24) is 4.90 Å². The Balaban J connectivity index is 2.11. The zero-order valence-electron chi connectivity index (χ0n) is 12.2. The van der Waals surface area contributed by atoms with Gasteiger partial charge >= 0.3 is 0 Å². The monoisotopic (exact) mass is 277 g/mol. The molecule has 1 fully saturated rings. The van der Waals surface area contributed by atoms with E-state index in [4.69, 9.17) is 4.74 Å². The molecule has 1 aliphatic rings. The number of carbonyl (C=O) groups excluding carboxylic acids is 1. The number of likely N-dealkylation sites (tertiary alicyclic amines) is 1. The van der Waals surface area contributed by atoms with Crippen LogP contribution < -0.4 is 0 Å². The molecule has 2 rings (SSSR count).